The van der Waals surface area contributed by atoms with Crippen molar-refractivity contribution in [2.24, 2.45) is 5.92 Å². The number of aromatic nitrogens is 4. The third-order valence-electron chi connectivity index (χ3n) is 1.93. The molecule has 2 N–H and O–H groups in total. The van der Waals surface area contributed by atoms with Crippen LogP contribution in [0.1, 0.15) is 13.8 Å². The zero-order valence-electron chi connectivity index (χ0n) is 8.31. The topological polar surface area (TPSA) is 69.6 Å². The maximum Gasteiger partial charge on any atom is 0.222 e. The van der Waals surface area contributed by atoms with Gasteiger partial charge in [-0.05, 0) is 5.92 Å². The van der Waals surface area contributed by atoms with Gasteiger partial charge >= 0.3 is 0 Å². The summed E-state index contributed by atoms with van der Waals surface area (Å²) in [4.78, 5) is 8.07. The lowest BCUT2D eigenvalue weighted by atomic mass is 10.2. The molecular formula is C9H13N5. The molecule has 74 valence electrons. The number of nitrogens with zero attached hydrogens (tertiary/aromatic N) is 4. The minimum absolute atomic E-state index is 0.294. The van der Waals surface area contributed by atoms with E-state index in [0.29, 0.717) is 11.9 Å². The molecule has 0 aliphatic carbocycles. The van der Waals surface area contributed by atoms with Gasteiger partial charge in [-0.1, -0.05) is 13.8 Å². The molecule has 0 fully saturated rings. The molecule has 0 aromatic carbocycles. The summed E-state index contributed by atoms with van der Waals surface area (Å²) in [5, 5.41) is 5.17. The molecule has 0 atom stereocenters. The molecule has 0 aliphatic heterocycles. The van der Waals surface area contributed by atoms with E-state index in [4.69, 9.17) is 5.73 Å². The van der Waals surface area contributed by atoms with Gasteiger partial charge in [0.15, 0.2) is 5.65 Å². The lowest BCUT2D eigenvalue weighted by molar-refractivity contribution is 0.492. The summed E-state index contributed by atoms with van der Waals surface area (Å²) in [6, 6.07) is 0. The average Bonchev–Trinajstić information content (AvgIpc) is 2.47. The summed E-state index contributed by atoms with van der Waals surface area (Å²) in [5.41, 5.74) is 6.33. The summed E-state index contributed by atoms with van der Waals surface area (Å²) in [7, 11) is 0. The third-order valence-corrected chi connectivity index (χ3v) is 1.93. The normalized spacial score (nSPS) is 11.4. The number of hydrogen-bond donors (Lipinski definition) is 1. The van der Waals surface area contributed by atoms with Crippen LogP contribution in [0.4, 0.5) is 5.95 Å². The zero-order valence-corrected chi connectivity index (χ0v) is 8.31. The van der Waals surface area contributed by atoms with E-state index in [2.05, 4.69) is 28.9 Å². The maximum atomic E-state index is 5.52. The lowest BCUT2D eigenvalue weighted by Crippen LogP contribution is -2.07. The molecule has 0 bridgehead atoms. The summed E-state index contributed by atoms with van der Waals surface area (Å²) in [5.74, 6) is 0.831. The van der Waals surface area contributed by atoms with E-state index in [0.717, 1.165) is 17.6 Å². The zero-order chi connectivity index (χ0) is 10.1. The van der Waals surface area contributed by atoms with Crippen molar-refractivity contribution in [1.29, 1.82) is 0 Å². The molecule has 5 heteroatoms. The second-order valence-electron chi connectivity index (χ2n) is 3.73. The smallest absolute Gasteiger partial charge is 0.222 e. The predicted octanol–water partition coefficient (Wildman–Crippen LogP) is 1.06. The van der Waals surface area contributed by atoms with Gasteiger partial charge in [0.1, 0.15) is 0 Å². The fourth-order valence-corrected chi connectivity index (χ4v) is 1.36. The fourth-order valence-electron chi connectivity index (χ4n) is 1.36. The van der Waals surface area contributed by atoms with Crippen molar-refractivity contribution < 1.29 is 0 Å². The highest BCUT2D eigenvalue weighted by Crippen LogP contribution is 2.12. The molecule has 0 unspecified atom stereocenters. The lowest BCUT2D eigenvalue weighted by Gasteiger charge is -2.05. The monoisotopic (exact) mass is 191 g/mol. The number of fused-ring (bicyclic) bond motifs is 1. The highest BCUT2D eigenvalue weighted by Gasteiger charge is 2.06. The predicted molar refractivity (Wildman–Crippen MR) is 54.6 cm³/mol. The second kappa shape index (κ2) is 3.25. The van der Waals surface area contributed by atoms with Gasteiger partial charge in [0.25, 0.3) is 0 Å². The van der Waals surface area contributed by atoms with E-state index in [-0.39, 0.29) is 0 Å². The molecule has 0 amide bonds. The van der Waals surface area contributed by atoms with Crippen LogP contribution in [0.3, 0.4) is 0 Å². The molecule has 2 aromatic rings. The van der Waals surface area contributed by atoms with Crippen LogP contribution in [0.5, 0.6) is 0 Å². The van der Waals surface area contributed by atoms with Gasteiger partial charge in [-0.2, -0.15) is 10.1 Å². The quantitative estimate of drug-likeness (QED) is 0.770. The number of nitrogens with two attached hydrogens (primary N) is 1. The van der Waals surface area contributed by atoms with Crippen LogP contribution < -0.4 is 5.73 Å². The summed E-state index contributed by atoms with van der Waals surface area (Å²) < 4.78 is 1.86. The first-order chi connectivity index (χ1) is 6.66. The highest BCUT2D eigenvalue weighted by atomic mass is 15.3. The van der Waals surface area contributed by atoms with Crippen molar-refractivity contribution >= 4 is 17.0 Å². The van der Waals surface area contributed by atoms with E-state index in [1.54, 1.807) is 12.4 Å². The minimum atomic E-state index is 0.294. The van der Waals surface area contributed by atoms with Crippen molar-refractivity contribution in [1.82, 2.24) is 19.7 Å². The van der Waals surface area contributed by atoms with Gasteiger partial charge in [-0.3, -0.25) is 0 Å². The first kappa shape index (κ1) is 8.93. The molecule has 5 nitrogen and oxygen atoms in total. The van der Waals surface area contributed by atoms with Crippen LogP contribution in [-0.4, -0.2) is 19.7 Å². The molecule has 0 aliphatic rings. The number of hydrogen-bond acceptors (Lipinski definition) is 4. The van der Waals surface area contributed by atoms with E-state index in [9.17, 15) is 0 Å². The Labute approximate surface area is 82.0 Å². The Balaban J connectivity index is 2.50. The SMILES string of the molecule is CC(C)Cn1ncc2cnc(N)nc21. The first-order valence-electron chi connectivity index (χ1n) is 4.61. The van der Waals surface area contributed by atoms with Crippen LogP contribution in [0.25, 0.3) is 11.0 Å². The van der Waals surface area contributed by atoms with E-state index in [1.165, 1.54) is 0 Å². The molecule has 2 rings (SSSR count). The van der Waals surface area contributed by atoms with Crippen molar-refractivity contribution in [2.45, 2.75) is 20.4 Å². The van der Waals surface area contributed by atoms with Gasteiger partial charge in [0.2, 0.25) is 5.95 Å². The standard InChI is InChI=1S/C9H13N5/c1-6(2)5-14-8-7(4-12-14)3-11-9(10)13-8/h3-4,6H,5H2,1-2H3,(H2,10,11,13). The largest absolute Gasteiger partial charge is 0.368 e. The summed E-state index contributed by atoms with van der Waals surface area (Å²) >= 11 is 0. The molecule has 0 saturated carbocycles. The molecule has 0 radical (unpaired) electrons. The van der Waals surface area contributed by atoms with Gasteiger partial charge < -0.3 is 5.73 Å². The first-order valence-corrected chi connectivity index (χ1v) is 4.61. The fraction of sp³-hybridized carbons (Fsp3) is 0.444. The molecule has 0 saturated heterocycles. The molecule has 2 heterocycles. The van der Waals surface area contributed by atoms with Gasteiger partial charge in [-0.15, -0.1) is 0 Å². The van der Waals surface area contributed by atoms with Gasteiger partial charge in [0.05, 0.1) is 11.6 Å². The van der Waals surface area contributed by atoms with E-state index in [1.807, 2.05) is 4.68 Å². The summed E-state index contributed by atoms with van der Waals surface area (Å²) in [6.45, 7) is 5.12. The van der Waals surface area contributed by atoms with E-state index < -0.39 is 0 Å². The van der Waals surface area contributed by atoms with Crippen molar-refractivity contribution in [3.05, 3.63) is 12.4 Å². The van der Waals surface area contributed by atoms with Crippen LogP contribution >= 0.6 is 0 Å². The highest BCUT2D eigenvalue weighted by molar-refractivity contribution is 5.74. The Kier molecular flexibility index (Phi) is 2.07. The van der Waals surface area contributed by atoms with Crippen LogP contribution in [-0.2, 0) is 6.54 Å². The van der Waals surface area contributed by atoms with Crippen LogP contribution in [0, 0.1) is 5.92 Å². The van der Waals surface area contributed by atoms with Gasteiger partial charge in [0, 0.05) is 12.7 Å². The Hall–Kier alpha value is -1.65. The average molecular weight is 191 g/mol. The Bertz CT molecular complexity index is 445. The molecule has 0 spiro atoms. The number of nitrogen functional groups attached to an aromatic ring is 1. The van der Waals surface area contributed by atoms with Crippen molar-refractivity contribution in [3.8, 4) is 0 Å². The van der Waals surface area contributed by atoms with Crippen LogP contribution in [0.2, 0.25) is 0 Å². The van der Waals surface area contributed by atoms with Crippen molar-refractivity contribution in [2.75, 3.05) is 5.73 Å². The molecule has 2 aromatic heterocycles. The molecule has 14 heavy (non-hydrogen) atoms. The minimum Gasteiger partial charge on any atom is -0.368 e. The maximum absolute atomic E-state index is 5.52. The van der Waals surface area contributed by atoms with Gasteiger partial charge in [-0.25, -0.2) is 9.67 Å². The Morgan fingerprint density at radius 3 is 2.93 bits per heavy atom. The van der Waals surface area contributed by atoms with Crippen molar-refractivity contribution in [3.63, 3.8) is 0 Å². The third kappa shape index (κ3) is 1.53. The van der Waals surface area contributed by atoms with Crippen LogP contribution in [0.15, 0.2) is 12.4 Å². The Morgan fingerprint density at radius 1 is 1.43 bits per heavy atom. The van der Waals surface area contributed by atoms with E-state index >= 15 is 0 Å². The number of anilines is 1. The number of rotatable bonds is 2. The summed E-state index contributed by atoms with van der Waals surface area (Å²) in [6.07, 6.45) is 3.46. The molecular weight excluding hydrogens is 178 g/mol. The Morgan fingerprint density at radius 2 is 2.21 bits per heavy atom. The second-order valence-corrected chi connectivity index (χ2v) is 3.73.